The molecule has 0 amide bonds. The Bertz CT molecular complexity index is 966. The SMILES string of the molecule is CC(I)(I)I.CCC.COCCCN.COCCCNc1nc(NCCCOC)nc(N(C)OC)n1.CON(C)c1nc(Cl)nc(Cl)n1. The van der Waals surface area contributed by atoms with E-state index in [-0.39, 0.29) is 16.5 Å². The molecular weight excluding hydrogens is 1010 g/mol. The van der Waals surface area contributed by atoms with Crippen LogP contribution in [0.2, 0.25) is 10.6 Å². The second kappa shape index (κ2) is 35.2. The average molecular weight is 1060 g/mol. The van der Waals surface area contributed by atoms with Crippen molar-refractivity contribution in [2.45, 2.75) is 45.9 Å². The molecule has 21 heteroatoms. The first-order chi connectivity index (χ1) is 22.7. The molecule has 0 radical (unpaired) electrons. The summed E-state index contributed by atoms with van der Waals surface area (Å²) in [7, 11) is 11.4. The molecule has 2 heterocycles. The van der Waals surface area contributed by atoms with Crippen molar-refractivity contribution in [1.29, 1.82) is 0 Å². The molecule has 2 aromatic heterocycles. The first-order valence-corrected chi connectivity index (χ1v) is 18.8. The van der Waals surface area contributed by atoms with Crippen LogP contribution >= 0.6 is 91.0 Å². The second-order valence-corrected chi connectivity index (χ2v) is 22.3. The monoisotopic (exact) mass is 1060 g/mol. The molecule has 16 nitrogen and oxygen atoms in total. The number of hydroxylamine groups is 2. The molecule has 0 aliphatic rings. The Kier molecular flexibility index (Phi) is 38.2. The number of methoxy groups -OCH3 is 3. The van der Waals surface area contributed by atoms with Crippen LogP contribution in [0.3, 0.4) is 0 Å². The number of hydrogen-bond donors (Lipinski definition) is 3. The van der Waals surface area contributed by atoms with Crippen molar-refractivity contribution < 1.29 is 23.9 Å². The Morgan fingerprint density at radius 3 is 1.29 bits per heavy atom. The molecule has 0 unspecified atom stereocenters. The highest BCUT2D eigenvalue weighted by Crippen LogP contribution is 2.33. The van der Waals surface area contributed by atoms with E-state index in [1.54, 1.807) is 42.5 Å². The van der Waals surface area contributed by atoms with Crippen LogP contribution in [0.25, 0.3) is 0 Å². The van der Waals surface area contributed by atoms with Crippen LogP contribution in [-0.2, 0) is 23.9 Å². The number of nitrogens with two attached hydrogens (primary N) is 1. The van der Waals surface area contributed by atoms with Crippen LogP contribution in [0.1, 0.15) is 46.5 Å². The summed E-state index contributed by atoms with van der Waals surface area (Å²) in [4.78, 5) is 34.0. The number of alkyl halides is 3. The fraction of sp³-hybridized carbons (Fsp3) is 0.778. The fourth-order valence-electron chi connectivity index (χ4n) is 2.35. The Hall–Kier alpha value is -0.250. The maximum absolute atomic E-state index is 5.52. The van der Waals surface area contributed by atoms with Gasteiger partial charge in [0.25, 0.3) is 11.9 Å². The van der Waals surface area contributed by atoms with Gasteiger partial charge in [-0.1, -0.05) is 88.0 Å². The lowest BCUT2D eigenvalue weighted by molar-refractivity contribution is 0.179. The number of nitrogens with zero attached hydrogens (tertiary/aromatic N) is 8. The van der Waals surface area contributed by atoms with Crippen LogP contribution in [0.5, 0.6) is 0 Å². The van der Waals surface area contributed by atoms with E-state index < -0.39 is 0 Å². The minimum atomic E-state index is 0.0360. The summed E-state index contributed by atoms with van der Waals surface area (Å²) in [5, 5.41) is 9.17. The van der Waals surface area contributed by atoms with Crippen LogP contribution in [0.4, 0.5) is 23.8 Å². The van der Waals surface area contributed by atoms with Crippen molar-refractivity contribution in [3.63, 3.8) is 0 Å². The normalized spacial score (nSPS) is 10.1. The molecule has 2 rings (SSSR count). The van der Waals surface area contributed by atoms with Crippen molar-refractivity contribution in [3.05, 3.63) is 10.6 Å². The molecule has 4 N–H and O–H groups in total. The zero-order valence-corrected chi connectivity index (χ0v) is 37.6. The van der Waals surface area contributed by atoms with Gasteiger partial charge in [0.15, 0.2) is 0 Å². The predicted octanol–water partition coefficient (Wildman–Crippen LogP) is 6.31. The van der Waals surface area contributed by atoms with Gasteiger partial charge in [0.05, 0.1) is 14.2 Å². The van der Waals surface area contributed by atoms with Crippen LogP contribution < -0.4 is 26.5 Å². The lowest BCUT2D eigenvalue weighted by Gasteiger charge is -2.16. The topological polar surface area (TPSA) is 180 Å². The van der Waals surface area contributed by atoms with Gasteiger partial charge in [0.1, 0.15) is -0.565 Å². The number of nitrogens with one attached hydrogen (secondary N) is 2. The largest absolute Gasteiger partial charge is 0.385 e. The lowest BCUT2D eigenvalue weighted by atomic mass is 10.4. The van der Waals surface area contributed by atoms with Crippen molar-refractivity contribution >= 4 is 115 Å². The Morgan fingerprint density at radius 2 is 1.00 bits per heavy atom. The highest BCUT2D eigenvalue weighted by atomic mass is 127. The quantitative estimate of drug-likeness (QED) is 0.0695. The number of rotatable bonds is 17. The first-order valence-electron chi connectivity index (χ1n) is 14.8. The molecule has 0 saturated carbocycles. The Labute approximate surface area is 337 Å². The van der Waals surface area contributed by atoms with Gasteiger partial charge in [0.2, 0.25) is 22.5 Å². The van der Waals surface area contributed by atoms with Crippen molar-refractivity contribution in [2.75, 3.05) is 110 Å². The Morgan fingerprint density at radius 1 is 0.667 bits per heavy atom. The number of aromatic nitrogens is 6. The highest BCUT2D eigenvalue weighted by molar-refractivity contribution is 14.3. The number of anilines is 4. The summed E-state index contributed by atoms with van der Waals surface area (Å²) in [6.45, 7) is 10.7. The third-order valence-electron chi connectivity index (χ3n) is 4.47. The molecule has 0 aromatic carbocycles. The summed E-state index contributed by atoms with van der Waals surface area (Å²) < 4.78 is 15.1. The summed E-state index contributed by atoms with van der Waals surface area (Å²) >= 11 is 18.1. The molecule has 2 aromatic rings. The van der Waals surface area contributed by atoms with E-state index in [1.165, 1.54) is 23.7 Å². The zero-order chi connectivity index (χ0) is 37.4. The van der Waals surface area contributed by atoms with Crippen molar-refractivity contribution in [3.8, 4) is 0 Å². The number of halogens is 5. The molecule has 48 heavy (non-hydrogen) atoms. The minimum Gasteiger partial charge on any atom is -0.385 e. The number of ether oxygens (including phenoxy) is 3. The maximum Gasteiger partial charge on any atom is 0.256 e. The maximum atomic E-state index is 5.52. The van der Waals surface area contributed by atoms with Crippen LogP contribution in [-0.4, -0.2) is 118 Å². The van der Waals surface area contributed by atoms with E-state index >= 15 is 0 Å². The summed E-state index contributed by atoms with van der Waals surface area (Å²) in [5.41, 5.74) is 5.13. The highest BCUT2D eigenvalue weighted by Gasteiger charge is 2.10. The van der Waals surface area contributed by atoms with Crippen molar-refractivity contribution in [2.24, 2.45) is 5.73 Å². The van der Waals surface area contributed by atoms with E-state index in [2.05, 4.69) is 129 Å². The van der Waals surface area contributed by atoms with Gasteiger partial charge in [-0.25, -0.2) is 10.1 Å². The van der Waals surface area contributed by atoms with Gasteiger partial charge in [-0.05, 0) is 55.9 Å². The van der Waals surface area contributed by atoms with Crippen molar-refractivity contribution in [1.82, 2.24) is 29.9 Å². The van der Waals surface area contributed by atoms with Gasteiger partial charge in [0, 0.05) is 68.3 Å². The Balaban J connectivity index is -0.000000646. The minimum absolute atomic E-state index is 0.0360. The molecule has 282 valence electrons. The van der Waals surface area contributed by atoms with Gasteiger partial charge in [-0.15, -0.1) is 0 Å². The van der Waals surface area contributed by atoms with E-state index in [9.17, 15) is 0 Å². The van der Waals surface area contributed by atoms with Gasteiger partial charge >= 0.3 is 0 Å². The van der Waals surface area contributed by atoms with E-state index in [1.807, 2.05) is 0 Å². The lowest BCUT2D eigenvalue weighted by Crippen LogP contribution is -2.21. The molecule has 0 bridgehead atoms. The van der Waals surface area contributed by atoms with Gasteiger partial charge in [-0.2, -0.15) is 29.9 Å². The summed E-state index contributed by atoms with van der Waals surface area (Å²) in [6, 6.07) is 0. The van der Waals surface area contributed by atoms with E-state index in [4.69, 9.17) is 52.8 Å². The molecule has 0 aliphatic carbocycles. The smallest absolute Gasteiger partial charge is 0.256 e. The third-order valence-corrected chi connectivity index (χ3v) is 4.81. The summed E-state index contributed by atoms with van der Waals surface area (Å²) in [6.07, 6.45) is 3.96. The standard InChI is InChI=1S/C13H26N6O3.C5H6Cl2N4O.C4H11NO.C3H8.C2H3I3/c1-19(22-4)13-17-11(14-7-5-9-20-2)16-12(18-13)15-8-6-10-21-3;1-11(12-2)5-9-3(6)8-4(7)10-5;1-6-4-2-3-5;1-3-2;1-2(3,4)5/h5-10H2,1-4H3,(H2,14,15,16,17,18);1-2H3;2-5H2,1H3;3H2,1-2H3;1H3. The molecule has 0 saturated heterocycles. The third kappa shape index (κ3) is 35.6. The zero-order valence-electron chi connectivity index (χ0n) is 29.7. The first kappa shape index (κ1) is 52.1. The van der Waals surface area contributed by atoms with E-state index in [0.29, 0.717) is 30.5 Å². The number of hydrogen-bond acceptors (Lipinski definition) is 16. The second-order valence-electron chi connectivity index (χ2n) is 8.99. The van der Waals surface area contributed by atoms with Crippen LogP contribution in [0.15, 0.2) is 0 Å². The summed E-state index contributed by atoms with van der Waals surface area (Å²) in [5.74, 6) is 1.70. The molecule has 0 spiro atoms. The molecule has 0 fully saturated rings. The predicted molar refractivity (Wildman–Crippen MR) is 222 cm³/mol. The molecule has 0 atom stereocenters. The van der Waals surface area contributed by atoms with Gasteiger partial charge < -0.3 is 30.6 Å². The molecule has 0 aliphatic heterocycles. The average Bonchev–Trinajstić information content (AvgIpc) is 3.03. The van der Waals surface area contributed by atoms with E-state index in [0.717, 1.165) is 45.5 Å². The van der Waals surface area contributed by atoms with Gasteiger partial charge in [-0.3, -0.25) is 9.68 Å². The fourth-order valence-corrected chi connectivity index (χ4v) is 2.70. The van der Waals surface area contributed by atoms with Crippen LogP contribution in [0, 0.1) is 0 Å². The molecular formula is C27H54Cl2I3N11O5.